The first-order valence-electron chi connectivity index (χ1n) is 7.12. The van der Waals surface area contributed by atoms with Gasteiger partial charge in [0.05, 0.1) is 4.92 Å². The Labute approximate surface area is 130 Å². The molecule has 2 rings (SSSR count). The molecule has 122 valence electrons. The Bertz CT molecular complexity index is 685. The summed E-state index contributed by atoms with van der Waals surface area (Å²) in [5, 5.41) is 14.4. The minimum Gasteiger partial charge on any atom is -0.316 e. The summed E-state index contributed by atoms with van der Waals surface area (Å²) in [6, 6.07) is 4.00. The average Bonchev–Trinajstić information content (AvgIpc) is 2.40. The molecule has 1 aromatic rings. The Kier molecular flexibility index (Phi) is 4.55. The monoisotopic (exact) mass is 327 g/mol. The smallest absolute Gasteiger partial charge is 0.289 e. The lowest BCUT2D eigenvalue weighted by Gasteiger charge is -2.39. The predicted molar refractivity (Wildman–Crippen MR) is 83.2 cm³/mol. The van der Waals surface area contributed by atoms with Crippen LogP contribution in [0.2, 0.25) is 0 Å². The first-order chi connectivity index (χ1) is 10.1. The van der Waals surface area contributed by atoms with E-state index in [2.05, 4.69) is 10.0 Å². The Hall–Kier alpha value is -1.51. The molecule has 2 N–H and O–H groups in total. The molecular weight excluding hydrogens is 306 g/mol. The van der Waals surface area contributed by atoms with Gasteiger partial charge in [0.25, 0.3) is 5.69 Å². The van der Waals surface area contributed by atoms with Gasteiger partial charge in [-0.25, -0.2) is 13.1 Å². The highest BCUT2D eigenvalue weighted by Crippen LogP contribution is 2.30. The highest BCUT2D eigenvalue weighted by molar-refractivity contribution is 7.89. The summed E-state index contributed by atoms with van der Waals surface area (Å²) in [4.78, 5) is 10.2. The Morgan fingerprint density at radius 2 is 2.09 bits per heavy atom. The summed E-state index contributed by atoms with van der Waals surface area (Å²) in [5.41, 5.74) is -0.282. The van der Waals surface area contributed by atoms with Crippen LogP contribution in [0, 0.1) is 22.5 Å². The summed E-state index contributed by atoms with van der Waals surface area (Å²) < 4.78 is 28.1. The van der Waals surface area contributed by atoms with E-state index in [1.807, 2.05) is 13.8 Å². The summed E-state index contributed by atoms with van der Waals surface area (Å²) in [6.07, 6.45) is 0.645. The van der Waals surface area contributed by atoms with E-state index in [-0.39, 0.29) is 22.0 Å². The second-order valence-corrected chi connectivity index (χ2v) is 7.96. The van der Waals surface area contributed by atoms with Crippen molar-refractivity contribution in [2.75, 3.05) is 13.1 Å². The van der Waals surface area contributed by atoms with Gasteiger partial charge in [-0.1, -0.05) is 26.0 Å². The van der Waals surface area contributed by atoms with Gasteiger partial charge in [-0.15, -0.1) is 0 Å². The zero-order valence-electron chi connectivity index (χ0n) is 12.9. The maximum absolute atomic E-state index is 12.7. The van der Waals surface area contributed by atoms with E-state index in [0.717, 1.165) is 0 Å². The number of hydrogen-bond acceptors (Lipinski definition) is 5. The molecule has 0 radical (unpaired) electrons. The van der Waals surface area contributed by atoms with Crippen molar-refractivity contribution in [3.63, 3.8) is 0 Å². The molecular formula is C14H21N3O4S. The second kappa shape index (κ2) is 5.94. The molecule has 1 aromatic carbocycles. The van der Waals surface area contributed by atoms with E-state index in [1.165, 1.54) is 12.1 Å². The number of sulfonamides is 1. The first kappa shape index (κ1) is 16.9. The third-order valence-electron chi connectivity index (χ3n) is 4.09. The molecule has 1 saturated heterocycles. The number of nitrogens with zero attached hydrogens (tertiary/aromatic N) is 1. The molecule has 8 heteroatoms. The number of nitro benzene ring substituents is 1. The summed E-state index contributed by atoms with van der Waals surface area (Å²) in [6.45, 7) is 6.91. The molecule has 0 bridgehead atoms. The van der Waals surface area contributed by atoms with Crippen molar-refractivity contribution < 1.29 is 13.3 Å². The fourth-order valence-electron chi connectivity index (χ4n) is 2.77. The third-order valence-corrected chi connectivity index (χ3v) is 5.75. The van der Waals surface area contributed by atoms with Crippen LogP contribution in [0.15, 0.2) is 23.1 Å². The second-order valence-electron chi connectivity index (χ2n) is 6.31. The van der Waals surface area contributed by atoms with Gasteiger partial charge in [-0.05, 0) is 30.9 Å². The largest absolute Gasteiger partial charge is 0.316 e. The Morgan fingerprint density at radius 1 is 1.41 bits per heavy atom. The number of piperidine rings is 1. The van der Waals surface area contributed by atoms with E-state index < -0.39 is 14.9 Å². The van der Waals surface area contributed by atoms with Crippen molar-refractivity contribution in [2.24, 2.45) is 5.41 Å². The molecule has 7 nitrogen and oxygen atoms in total. The van der Waals surface area contributed by atoms with Crippen LogP contribution in [0.4, 0.5) is 5.69 Å². The van der Waals surface area contributed by atoms with Crippen LogP contribution >= 0.6 is 0 Å². The molecule has 1 heterocycles. The van der Waals surface area contributed by atoms with Gasteiger partial charge in [0.2, 0.25) is 10.0 Å². The van der Waals surface area contributed by atoms with Gasteiger partial charge in [0, 0.05) is 18.7 Å². The average molecular weight is 327 g/mol. The van der Waals surface area contributed by atoms with Crippen LogP contribution < -0.4 is 10.0 Å². The predicted octanol–water partition coefficient (Wildman–Crippen LogP) is 1.57. The van der Waals surface area contributed by atoms with Crippen LogP contribution in [0.25, 0.3) is 0 Å². The molecule has 0 spiro atoms. The van der Waals surface area contributed by atoms with E-state index in [4.69, 9.17) is 0 Å². The van der Waals surface area contributed by atoms with Gasteiger partial charge in [-0.2, -0.15) is 0 Å². The lowest BCUT2D eigenvalue weighted by Crippen LogP contribution is -2.54. The van der Waals surface area contributed by atoms with Crippen molar-refractivity contribution in [1.82, 2.24) is 10.0 Å². The zero-order valence-corrected chi connectivity index (χ0v) is 13.7. The standard InChI is InChI=1S/C14H21N3O4S/c1-10-5-4-6-11(17(18)19)13(10)22(20,21)16-12-7-8-15-9-14(12,2)3/h4-6,12,15-16H,7-9H2,1-3H3. The molecule has 0 saturated carbocycles. The minimum absolute atomic E-state index is 0.241. The minimum atomic E-state index is -3.96. The zero-order chi connectivity index (χ0) is 16.5. The van der Waals surface area contributed by atoms with Crippen molar-refractivity contribution in [3.8, 4) is 0 Å². The molecule has 22 heavy (non-hydrogen) atoms. The number of nitrogens with one attached hydrogen (secondary N) is 2. The highest BCUT2D eigenvalue weighted by atomic mass is 32.2. The molecule has 1 aliphatic heterocycles. The van der Waals surface area contributed by atoms with Gasteiger partial charge in [0.15, 0.2) is 4.90 Å². The van der Waals surface area contributed by atoms with Gasteiger partial charge in [0.1, 0.15) is 0 Å². The SMILES string of the molecule is Cc1cccc([N+](=O)[O-])c1S(=O)(=O)NC1CCNCC1(C)C. The van der Waals surface area contributed by atoms with Gasteiger partial charge >= 0.3 is 0 Å². The summed E-state index contributed by atoms with van der Waals surface area (Å²) >= 11 is 0. The number of nitro groups is 1. The van der Waals surface area contributed by atoms with Gasteiger partial charge < -0.3 is 5.32 Å². The molecule has 1 aliphatic rings. The quantitative estimate of drug-likeness (QED) is 0.645. The van der Waals surface area contributed by atoms with Crippen LogP contribution in [-0.2, 0) is 10.0 Å². The molecule has 1 unspecified atom stereocenters. The number of aryl methyl sites for hydroxylation is 1. The lowest BCUT2D eigenvalue weighted by atomic mass is 9.81. The van der Waals surface area contributed by atoms with Crippen molar-refractivity contribution in [1.29, 1.82) is 0 Å². The van der Waals surface area contributed by atoms with Crippen molar-refractivity contribution in [2.45, 2.75) is 38.1 Å². The third kappa shape index (κ3) is 3.29. The van der Waals surface area contributed by atoms with E-state index in [1.54, 1.807) is 13.0 Å². The topological polar surface area (TPSA) is 101 Å². The maximum atomic E-state index is 12.7. The fraction of sp³-hybridized carbons (Fsp3) is 0.571. The van der Waals surface area contributed by atoms with Crippen LogP contribution in [0.5, 0.6) is 0 Å². The van der Waals surface area contributed by atoms with Crippen molar-refractivity contribution >= 4 is 15.7 Å². The summed E-state index contributed by atoms with van der Waals surface area (Å²) in [5.74, 6) is 0. The van der Waals surface area contributed by atoms with Gasteiger partial charge in [-0.3, -0.25) is 10.1 Å². The van der Waals surface area contributed by atoms with Crippen molar-refractivity contribution in [3.05, 3.63) is 33.9 Å². The van der Waals surface area contributed by atoms with Crippen LogP contribution in [0.1, 0.15) is 25.8 Å². The molecule has 1 atom stereocenters. The molecule has 0 amide bonds. The highest BCUT2D eigenvalue weighted by Gasteiger charge is 2.37. The summed E-state index contributed by atoms with van der Waals surface area (Å²) in [7, 11) is -3.96. The normalized spacial score (nSPS) is 21.5. The van der Waals surface area contributed by atoms with Crippen LogP contribution in [-0.4, -0.2) is 32.5 Å². The Balaban J connectivity index is 2.41. The number of hydrogen-bond donors (Lipinski definition) is 2. The van der Waals surface area contributed by atoms with E-state index in [0.29, 0.717) is 25.1 Å². The first-order valence-corrected chi connectivity index (χ1v) is 8.60. The maximum Gasteiger partial charge on any atom is 0.289 e. The number of benzene rings is 1. The molecule has 0 aromatic heterocycles. The lowest BCUT2D eigenvalue weighted by molar-refractivity contribution is -0.387. The molecule has 1 fully saturated rings. The van der Waals surface area contributed by atoms with E-state index in [9.17, 15) is 18.5 Å². The fourth-order valence-corrected chi connectivity index (χ4v) is 4.61. The Morgan fingerprint density at radius 3 is 2.68 bits per heavy atom. The molecule has 0 aliphatic carbocycles. The number of rotatable bonds is 4. The van der Waals surface area contributed by atoms with Crippen LogP contribution in [0.3, 0.4) is 0 Å². The van der Waals surface area contributed by atoms with E-state index >= 15 is 0 Å².